The van der Waals surface area contributed by atoms with E-state index in [0.29, 0.717) is 17.8 Å². The predicted octanol–water partition coefficient (Wildman–Crippen LogP) is 0.494. The lowest BCUT2D eigenvalue weighted by molar-refractivity contribution is -0.127. The summed E-state index contributed by atoms with van der Waals surface area (Å²) in [6.45, 7) is 3.83. The molecule has 2 aliphatic heterocycles. The molecule has 33 heavy (non-hydrogen) atoms. The summed E-state index contributed by atoms with van der Waals surface area (Å²) in [5.74, 6) is -1.84. The second-order valence-corrected chi connectivity index (χ2v) is 10.3. The number of carbonyl (C=O) groups excluding carboxylic acids is 1. The molecule has 10 nitrogen and oxygen atoms in total. The van der Waals surface area contributed by atoms with Crippen LogP contribution in [0.3, 0.4) is 0 Å². The highest BCUT2D eigenvalue weighted by Gasteiger charge is 2.60. The smallest absolute Gasteiger partial charge is 0.263 e. The number of sulfonamides is 1. The second-order valence-electron chi connectivity index (χ2n) is 8.52. The molecule has 0 spiro atoms. The van der Waals surface area contributed by atoms with Gasteiger partial charge in [-0.1, -0.05) is 19.1 Å². The van der Waals surface area contributed by atoms with Crippen molar-refractivity contribution in [1.29, 1.82) is 0 Å². The van der Waals surface area contributed by atoms with Crippen molar-refractivity contribution in [3.05, 3.63) is 52.3 Å². The zero-order valence-electron chi connectivity index (χ0n) is 18.9. The van der Waals surface area contributed by atoms with Gasteiger partial charge >= 0.3 is 0 Å². The van der Waals surface area contributed by atoms with Crippen LogP contribution in [-0.4, -0.2) is 57.0 Å². The van der Waals surface area contributed by atoms with Gasteiger partial charge in [0.15, 0.2) is 5.03 Å². The molecule has 0 aromatic carbocycles. The fraction of sp³-hybridized carbons (Fsp3) is 0.500. The van der Waals surface area contributed by atoms with Crippen LogP contribution < -0.4 is 10.9 Å². The average Bonchev–Trinajstić information content (AvgIpc) is 3.33. The summed E-state index contributed by atoms with van der Waals surface area (Å²) in [5, 5.41) is 13.0. The number of carbonyl (C=O) groups is 1. The highest BCUT2D eigenvalue weighted by Crippen LogP contribution is 2.50. The molecule has 2 bridgehead atoms. The number of allylic oxidation sites excluding steroid dienone is 1. The molecule has 0 radical (unpaired) electrons. The lowest BCUT2D eigenvalue weighted by atomic mass is 9.86. The number of amides is 1. The van der Waals surface area contributed by atoms with Gasteiger partial charge < -0.3 is 19.6 Å². The number of nitrogens with zero attached hydrogens (tertiary/aromatic N) is 4. The summed E-state index contributed by atoms with van der Waals surface area (Å²) in [6, 6.07) is 1.65. The summed E-state index contributed by atoms with van der Waals surface area (Å²) >= 11 is 0. The Kier molecular flexibility index (Phi) is 6.30. The third-order valence-corrected chi connectivity index (χ3v) is 8.23. The van der Waals surface area contributed by atoms with Crippen molar-refractivity contribution in [3.63, 3.8) is 0 Å². The lowest BCUT2D eigenvalue weighted by Gasteiger charge is -2.36. The number of hydrogen-bond acceptors (Lipinski definition) is 6. The van der Waals surface area contributed by atoms with Gasteiger partial charge in [-0.25, -0.2) is 13.4 Å². The normalized spacial score (nSPS) is 24.8. The molecular formula is C22H29N5O5S. The molecule has 178 valence electrons. The SMILES string of the molecule is C/C=C\c1ccc2n(c1=O)C[C@@H]1[C@@H](CO)[C@H](C(=O)NCCC)[C@H]2N1S(=O)(=O)c1cn(C)cn1. The van der Waals surface area contributed by atoms with E-state index in [9.17, 15) is 23.1 Å². The van der Waals surface area contributed by atoms with E-state index in [-0.39, 0.29) is 29.6 Å². The molecule has 4 atom stereocenters. The van der Waals surface area contributed by atoms with Gasteiger partial charge in [0.2, 0.25) is 5.91 Å². The van der Waals surface area contributed by atoms with E-state index in [4.69, 9.17) is 0 Å². The number of aryl methyl sites for hydroxylation is 1. The zero-order chi connectivity index (χ0) is 23.9. The van der Waals surface area contributed by atoms with E-state index in [1.807, 2.05) is 13.8 Å². The Balaban J connectivity index is 1.92. The summed E-state index contributed by atoms with van der Waals surface area (Å²) in [5.41, 5.74) is 0.674. The number of pyridine rings is 1. The zero-order valence-corrected chi connectivity index (χ0v) is 19.7. The van der Waals surface area contributed by atoms with Crippen LogP contribution in [0, 0.1) is 11.8 Å². The van der Waals surface area contributed by atoms with Gasteiger partial charge in [0, 0.05) is 56.2 Å². The maximum absolute atomic E-state index is 13.7. The van der Waals surface area contributed by atoms with Crippen LogP contribution in [0.25, 0.3) is 6.08 Å². The molecule has 4 heterocycles. The summed E-state index contributed by atoms with van der Waals surface area (Å²) in [6.07, 6.45) is 6.98. The standard InChI is InChI=1S/C22H29N5O5S/c1-4-6-14-7-8-16-20-19(21(29)23-9-5-2)15(12-28)17(10-26(16)22(14)30)27(20)33(31,32)18-11-25(3)13-24-18/h4,6-8,11,13,15,17,19-20,28H,5,9-10,12H2,1-3H3,(H,23,29)/b6-4-/t15-,17-,19+,20+/m1/s1. The first kappa shape index (κ1) is 23.4. The predicted molar refractivity (Wildman–Crippen MR) is 122 cm³/mol. The number of aliphatic hydroxyl groups excluding tert-OH is 1. The molecule has 0 saturated carbocycles. The van der Waals surface area contributed by atoms with E-state index in [0.717, 1.165) is 6.42 Å². The average molecular weight is 476 g/mol. The van der Waals surface area contributed by atoms with Crippen LogP contribution >= 0.6 is 0 Å². The number of nitrogens with one attached hydrogen (secondary N) is 1. The monoisotopic (exact) mass is 475 g/mol. The largest absolute Gasteiger partial charge is 0.396 e. The number of aromatic nitrogens is 3. The van der Waals surface area contributed by atoms with Gasteiger partial charge in [-0.05, 0) is 25.5 Å². The molecule has 1 amide bonds. The van der Waals surface area contributed by atoms with Crippen molar-refractivity contribution in [2.75, 3.05) is 13.2 Å². The number of imidazole rings is 1. The van der Waals surface area contributed by atoms with Crippen LogP contribution in [0.15, 0.2) is 40.6 Å². The van der Waals surface area contributed by atoms with Crippen molar-refractivity contribution in [1.82, 2.24) is 23.7 Å². The second kappa shape index (κ2) is 8.88. The Morgan fingerprint density at radius 1 is 1.36 bits per heavy atom. The van der Waals surface area contributed by atoms with E-state index < -0.39 is 33.9 Å². The molecule has 11 heteroatoms. The Labute approximate surface area is 192 Å². The Morgan fingerprint density at radius 2 is 2.12 bits per heavy atom. The maximum Gasteiger partial charge on any atom is 0.263 e. The third kappa shape index (κ3) is 3.73. The molecule has 0 aliphatic carbocycles. The van der Waals surface area contributed by atoms with Gasteiger partial charge in [-0.15, -0.1) is 0 Å². The minimum atomic E-state index is -4.10. The third-order valence-electron chi connectivity index (χ3n) is 6.44. The van der Waals surface area contributed by atoms with Crippen LogP contribution in [0.5, 0.6) is 0 Å². The minimum Gasteiger partial charge on any atom is -0.396 e. The van der Waals surface area contributed by atoms with Crippen molar-refractivity contribution < 1.29 is 18.3 Å². The maximum atomic E-state index is 13.7. The van der Waals surface area contributed by atoms with Crippen molar-refractivity contribution in [3.8, 4) is 0 Å². The number of fused-ring (bicyclic) bond motifs is 4. The van der Waals surface area contributed by atoms with Gasteiger partial charge in [0.25, 0.3) is 15.6 Å². The summed E-state index contributed by atoms with van der Waals surface area (Å²) in [7, 11) is -2.43. The number of aliphatic hydroxyl groups is 1. The lowest BCUT2D eigenvalue weighted by Crippen LogP contribution is -2.49. The molecule has 2 aromatic heterocycles. The van der Waals surface area contributed by atoms with Gasteiger partial charge in [0.1, 0.15) is 0 Å². The molecule has 1 fully saturated rings. The molecule has 2 N–H and O–H groups in total. The van der Waals surface area contributed by atoms with E-state index >= 15 is 0 Å². The molecule has 2 aliphatic rings. The quantitative estimate of drug-likeness (QED) is 0.600. The van der Waals surface area contributed by atoms with Crippen LogP contribution in [0.4, 0.5) is 0 Å². The van der Waals surface area contributed by atoms with Gasteiger partial charge in [-0.3, -0.25) is 9.59 Å². The van der Waals surface area contributed by atoms with E-state index in [1.165, 1.54) is 21.4 Å². The first-order chi connectivity index (χ1) is 15.8. The highest BCUT2D eigenvalue weighted by atomic mass is 32.2. The number of hydrogen-bond donors (Lipinski definition) is 2. The Bertz CT molecular complexity index is 1250. The van der Waals surface area contributed by atoms with Crippen LogP contribution in [0.2, 0.25) is 0 Å². The first-order valence-electron chi connectivity index (χ1n) is 11.0. The topological polar surface area (TPSA) is 127 Å². The molecule has 4 rings (SSSR count). The minimum absolute atomic E-state index is 0.0465. The highest BCUT2D eigenvalue weighted by molar-refractivity contribution is 7.89. The fourth-order valence-electron chi connectivity index (χ4n) is 5.00. The van der Waals surface area contributed by atoms with Gasteiger partial charge in [-0.2, -0.15) is 4.31 Å². The fourth-order valence-corrected chi connectivity index (χ4v) is 6.82. The van der Waals surface area contributed by atoms with Crippen molar-refractivity contribution in [2.24, 2.45) is 18.9 Å². The number of rotatable bonds is 7. The summed E-state index contributed by atoms with van der Waals surface area (Å²) in [4.78, 5) is 30.4. The van der Waals surface area contributed by atoms with Crippen molar-refractivity contribution in [2.45, 2.75) is 43.9 Å². The van der Waals surface area contributed by atoms with Crippen LogP contribution in [-0.2, 0) is 28.4 Å². The van der Waals surface area contributed by atoms with Gasteiger partial charge in [0.05, 0.1) is 18.3 Å². The molecule has 2 aromatic rings. The van der Waals surface area contributed by atoms with Crippen LogP contribution in [0.1, 0.15) is 37.6 Å². The van der Waals surface area contributed by atoms with Crippen molar-refractivity contribution >= 4 is 22.0 Å². The molecule has 0 unspecified atom stereocenters. The summed E-state index contributed by atoms with van der Waals surface area (Å²) < 4.78 is 31.8. The van der Waals surface area contributed by atoms with E-state index in [2.05, 4.69) is 10.3 Å². The van der Waals surface area contributed by atoms with E-state index in [1.54, 1.807) is 35.9 Å². The Morgan fingerprint density at radius 3 is 2.73 bits per heavy atom. The molecular weight excluding hydrogens is 446 g/mol. The first-order valence-corrected chi connectivity index (χ1v) is 12.5. The molecule has 1 saturated heterocycles. The Hall–Kier alpha value is -2.76.